The summed E-state index contributed by atoms with van der Waals surface area (Å²) in [4.78, 5) is 15.9. The average Bonchev–Trinajstić information content (AvgIpc) is 2.62. The van der Waals surface area contributed by atoms with Crippen LogP contribution in [0, 0.1) is 5.41 Å². The summed E-state index contributed by atoms with van der Waals surface area (Å²) in [6.07, 6.45) is 12.6. The maximum Gasteiger partial charge on any atom is 0.314 e. The summed E-state index contributed by atoms with van der Waals surface area (Å²) < 4.78 is 0. The highest BCUT2D eigenvalue weighted by Crippen LogP contribution is 2.61. The van der Waals surface area contributed by atoms with Gasteiger partial charge in [0.1, 0.15) is 0 Å². The first-order valence-electron chi connectivity index (χ1n) is 7.31. The van der Waals surface area contributed by atoms with Gasteiger partial charge in [0.25, 0.3) is 0 Å². The molecule has 2 saturated carbocycles. The third-order valence-electron chi connectivity index (χ3n) is 5.14. The predicted octanol–water partition coefficient (Wildman–Crippen LogP) is 3.54. The average molecular weight is 259 g/mol. The minimum absolute atomic E-state index is 0.296. The van der Waals surface area contributed by atoms with Gasteiger partial charge in [0.15, 0.2) is 0 Å². The van der Waals surface area contributed by atoms with E-state index < -0.39 is 11.4 Å². The number of pyridine rings is 1. The molecule has 2 fully saturated rings. The van der Waals surface area contributed by atoms with Gasteiger partial charge in [0.2, 0.25) is 0 Å². The maximum absolute atomic E-state index is 11.8. The lowest BCUT2D eigenvalue weighted by molar-refractivity contribution is -0.155. The highest BCUT2D eigenvalue weighted by molar-refractivity contribution is 5.83. The number of aromatic nitrogens is 1. The molecule has 102 valence electrons. The van der Waals surface area contributed by atoms with Crippen LogP contribution in [-0.2, 0) is 10.2 Å². The molecule has 0 unspecified atom stereocenters. The quantitative estimate of drug-likeness (QED) is 0.883. The van der Waals surface area contributed by atoms with Gasteiger partial charge in [-0.05, 0) is 42.7 Å². The van der Waals surface area contributed by atoms with Crippen molar-refractivity contribution in [2.75, 3.05) is 0 Å². The molecule has 0 aromatic carbocycles. The Hall–Kier alpha value is -1.38. The number of aliphatic carboxylic acids is 1. The molecule has 0 saturated heterocycles. The largest absolute Gasteiger partial charge is 0.481 e. The molecule has 0 atom stereocenters. The van der Waals surface area contributed by atoms with Crippen LogP contribution in [0.3, 0.4) is 0 Å². The summed E-state index contributed by atoms with van der Waals surface area (Å²) in [5.41, 5.74) is 0.515. The van der Waals surface area contributed by atoms with E-state index in [4.69, 9.17) is 0 Å². The Labute approximate surface area is 114 Å². The molecule has 19 heavy (non-hydrogen) atoms. The highest BCUT2D eigenvalue weighted by Gasteiger charge is 2.59. The monoisotopic (exact) mass is 259 g/mol. The Morgan fingerprint density at radius 3 is 2.37 bits per heavy atom. The lowest BCUT2D eigenvalue weighted by Crippen LogP contribution is -2.54. The van der Waals surface area contributed by atoms with Gasteiger partial charge < -0.3 is 5.11 Å². The van der Waals surface area contributed by atoms with Gasteiger partial charge in [-0.25, -0.2) is 0 Å². The van der Waals surface area contributed by atoms with Crippen LogP contribution in [0.4, 0.5) is 0 Å². The van der Waals surface area contributed by atoms with E-state index in [2.05, 4.69) is 4.98 Å². The molecule has 1 spiro atoms. The molecule has 2 aliphatic rings. The number of carboxylic acid groups (broad SMARTS) is 1. The topological polar surface area (TPSA) is 50.2 Å². The minimum atomic E-state index is -0.671. The van der Waals surface area contributed by atoms with Crippen molar-refractivity contribution in [1.29, 1.82) is 0 Å². The van der Waals surface area contributed by atoms with Gasteiger partial charge in [0, 0.05) is 12.4 Å². The van der Waals surface area contributed by atoms with E-state index in [0.29, 0.717) is 5.41 Å². The zero-order chi connectivity index (χ0) is 13.3. The van der Waals surface area contributed by atoms with Gasteiger partial charge in [-0.3, -0.25) is 9.78 Å². The van der Waals surface area contributed by atoms with Crippen molar-refractivity contribution in [1.82, 2.24) is 4.98 Å². The zero-order valence-corrected chi connectivity index (χ0v) is 11.3. The number of hydrogen-bond acceptors (Lipinski definition) is 2. The fourth-order valence-electron chi connectivity index (χ4n) is 4.19. The molecule has 3 rings (SSSR count). The molecule has 2 aliphatic carbocycles. The van der Waals surface area contributed by atoms with Gasteiger partial charge >= 0.3 is 5.97 Å². The maximum atomic E-state index is 11.8. The first-order chi connectivity index (χ1) is 9.17. The van der Waals surface area contributed by atoms with Crippen molar-refractivity contribution in [3.63, 3.8) is 0 Å². The van der Waals surface area contributed by atoms with Crippen LogP contribution in [0.2, 0.25) is 0 Å². The van der Waals surface area contributed by atoms with Crippen molar-refractivity contribution in [2.45, 2.75) is 56.8 Å². The molecule has 1 heterocycles. The van der Waals surface area contributed by atoms with E-state index >= 15 is 0 Å². The van der Waals surface area contributed by atoms with Crippen LogP contribution in [0.5, 0.6) is 0 Å². The Balaban J connectivity index is 1.85. The Kier molecular flexibility index (Phi) is 3.08. The SMILES string of the molecule is O=C(O)C1(c2cccnc2)CC2(CCCCCC2)C1. The van der Waals surface area contributed by atoms with Gasteiger partial charge in [0.05, 0.1) is 5.41 Å². The number of carbonyl (C=O) groups is 1. The molecular formula is C16H21NO2. The van der Waals surface area contributed by atoms with Crippen LogP contribution in [0.1, 0.15) is 56.9 Å². The molecule has 3 nitrogen and oxygen atoms in total. The van der Waals surface area contributed by atoms with Crippen molar-refractivity contribution >= 4 is 5.97 Å². The number of hydrogen-bond donors (Lipinski definition) is 1. The summed E-state index contributed by atoms with van der Waals surface area (Å²) in [6.45, 7) is 0. The van der Waals surface area contributed by atoms with Crippen molar-refractivity contribution in [3.05, 3.63) is 30.1 Å². The second-order valence-corrected chi connectivity index (χ2v) is 6.40. The van der Waals surface area contributed by atoms with E-state index in [-0.39, 0.29) is 0 Å². The van der Waals surface area contributed by atoms with Crippen LogP contribution in [0.25, 0.3) is 0 Å². The first-order valence-corrected chi connectivity index (χ1v) is 7.31. The molecule has 0 radical (unpaired) electrons. The molecular weight excluding hydrogens is 238 g/mol. The third kappa shape index (κ3) is 2.05. The van der Waals surface area contributed by atoms with Crippen molar-refractivity contribution in [2.24, 2.45) is 5.41 Å². The number of rotatable bonds is 2. The fourth-order valence-corrected chi connectivity index (χ4v) is 4.19. The Bertz CT molecular complexity index is 453. The molecule has 0 bridgehead atoms. The Morgan fingerprint density at radius 1 is 1.16 bits per heavy atom. The molecule has 1 aromatic heterocycles. The van der Waals surface area contributed by atoms with Crippen LogP contribution in [0.15, 0.2) is 24.5 Å². The van der Waals surface area contributed by atoms with Gasteiger partial charge in [-0.15, -0.1) is 0 Å². The summed E-state index contributed by atoms with van der Waals surface area (Å²) in [7, 11) is 0. The van der Waals surface area contributed by atoms with E-state index in [9.17, 15) is 9.90 Å². The van der Waals surface area contributed by atoms with Crippen molar-refractivity contribution < 1.29 is 9.90 Å². The predicted molar refractivity (Wildman–Crippen MR) is 72.9 cm³/mol. The van der Waals surface area contributed by atoms with E-state index in [1.54, 1.807) is 12.4 Å². The summed E-state index contributed by atoms with van der Waals surface area (Å²) in [5, 5.41) is 9.69. The lowest BCUT2D eigenvalue weighted by atomic mass is 9.48. The Morgan fingerprint density at radius 2 is 1.84 bits per heavy atom. The van der Waals surface area contributed by atoms with E-state index in [1.165, 1.54) is 38.5 Å². The summed E-state index contributed by atoms with van der Waals surface area (Å²) in [6, 6.07) is 3.77. The summed E-state index contributed by atoms with van der Waals surface area (Å²) >= 11 is 0. The second kappa shape index (κ2) is 4.62. The van der Waals surface area contributed by atoms with Gasteiger partial charge in [-0.2, -0.15) is 0 Å². The van der Waals surface area contributed by atoms with E-state index in [1.807, 2.05) is 12.1 Å². The first kappa shape index (κ1) is 12.6. The van der Waals surface area contributed by atoms with Crippen molar-refractivity contribution in [3.8, 4) is 0 Å². The molecule has 1 N–H and O–H groups in total. The molecule has 0 amide bonds. The van der Waals surface area contributed by atoms with Crippen LogP contribution >= 0.6 is 0 Å². The number of carboxylic acids is 1. The minimum Gasteiger partial charge on any atom is -0.481 e. The van der Waals surface area contributed by atoms with E-state index in [0.717, 1.165) is 18.4 Å². The standard InChI is InChI=1S/C16H21NO2/c18-14(19)16(13-6-5-9-17-10-13)11-15(12-16)7-3-1-2-4-8-15/h5-6,9-10H,1-4,7-8,11-12H2,(H,18,19). The molecule has 3 heteroatoms. The number of nitrogens with zero attached hydrogens (tertiary/aromatic N) is 1. The fraction of sp³-hybridized carbons (Fsp3) is 0.625. The second-order valence-electron chi connectivity index (χ2n) is 6.40. The lowest BCUT2D eigenvalue weighted by Gasteiger charge is -2.54. The van der Waals surface area contributed by atoms with Gasteiger partial charge in [-0.1, -0.05) is 31.7 Å². The highest BCUT2D eigenvalue weighted by atomic mass is 16.4. The zero-order valence-electron chi connectivity index (χ0n) is 11.3. The van der Waals surface area contributed by atoms with Crippen LogP contribution < -0.4 is 0 Å². The smallest absolute Gasteiger partial charge is 0.314 e. The van der Waals surface area contributed by atoms with Crippen LogP contribution in [-0.4, -0.2) is 16.1 Å². The normalized spacial score (nSPS) is 24.4. The third-order valence-corrected chi connectivity index (χ3v) is 5.14. The molecule has 0 aliphatic heterocycles. The molecule has 1 aromatic rings. The summed E-state index contributed by atoms with van der Waals surface area (Å²) in [5.74, 6) is -0.671.